The molecule has 1 heterocycles. The molecule has 1 atom stereocenters. The predicted molar refractivity (Wildman–Crippen MR) is 86.2 cm³/mol. The Kier molecular flexibility index (Phi) is 5.16. The standard InChI is InChI=1S/C15H18N4OS/c1-3-12(14(20)18-11-7-5-4-6-8-11)21-15-17-10(2)9-13(16)19-15/h4-9,12H,3H2,1-2H3,(H,18,20)(H2,16,17,19). The van der Waals surface area contributed by atoms with Crippen molar-refractivity contribution >= 4 is 29.2 Å². The molecule has 21 heavy (non-hydrogen) atoms. The Morgan fingerprint density at radius 2 is 2.05 bits per heavy atom. The van der Waals surface area contributed by atoms with Gasteiger partial charge in [-0.1, -0.05) is 36.9 Å². The van der Waals surface area contributed by atoms with E-state index in [1.165, 1.54) is 11.8 Å². The van der Waals surface area contributed by atoms with Crippen molar-refractivity contribution in [2.75, 3.05) is 11.1 Å². The number of anilines is 2. The van der Waals surface area contributed by atoms with E-state index >= 15 is 0 Å². The zero-order valence-corrected chi connectivity index (χ0v) is 12.9. The molecular weight excluding hydrogens is 284 g/mol. The predicted octanol–water partition coefficient (Wildman–Crippen LogP) is 2.88. The molecule has 1 aromatic heterocycles. The van der Waals surface area contributed by atoms with Crippen molar-refractivity contribution < 1.29 is 4.79 Å². The zero-order valence-electron chi connectivity index (χ0n) is 12.0. The quantitative estimate of drug-likeness (QED) is 0.655. The molecule has 0 saturated carbocycles. The van der Waals surface area contributed by atoms with Gasteiger partial charge in [0.1, 0.15) is 5.82 Å². The van der Waals surface area contributed by atoms with E-state index in [0.29, 0.717) is 17.4 Å². The molecule has 0 saturated heterocycles. The second-order valence-corrected chi connectivity index (χ2v) is 5.76. The first-order valence-corrected chi connectivity index (χ1v) is 7.60. The van der Waals surface area contributed by atoms with Gasteiger partial charge in [-0.05, 0) is 25.5 Å². The average Bonchev–Trinajstić information content (AvgIpc) is 2.44. The van der Waals surface area contributed by atoms with E-state index in [-0.39, 0.29) is 11.2 Å². The zero-order chi connectivity index (χ0) is 15.2. The van der Waals surface area contributed by atoms with Gasteiger partial charge in [0.15, 0.2) is 5.16 Å². The summed E-state index contributed by atoms with van der Waals surface area (Å²) in [5.74, 6) is 0.362. The molecule has 2 aromatic rings. The molecule has 0 aliphatic heterocycles. The van der Waals surface area contributed by atoms with Crippen LogP contribution in [0.25, 0.3) is 0 Å². The third-order valence-electron chi connectivity index (χ3n) is 2.81. The fourth-order valence-corrected chi connectivity index (χ4v) is 2.75. The summed E-state index contributed by atoms with van der Waals surface area (Å²) in [6, 6.07) is 11.1. The summed E-state index contributed by atoms with van der Waals surface area (Å²) in [6.07, 6.45) is 0.681. The van der Waals surface area contributed by atoms with Crippen LogP contribution in [0.15, 0.2) is 41.6 Å². The topological polar surface area (TPSA) is 80.9 Å². The number of carbonyl (C=O) groups is 1. The van der Waals surface area contributed by atoms with Crippen LogP contribution in [-0.2, 0) is 4.79 Å². The monoisotopic (exact) mass is 302 g/mol. The maximum absolute atomic E-state index is 12.3. The van der Waals surface area contributed by atoms with Crippen LogP contribution in [0.1, 0.15) is 19.0 Å². The van der Waals surface area contributed by atoms with Gasteiger partial charge in [0.2, 0.25) is 5.91 Å². The van der Waals surface area contributed by atoms with Crippen molar-refractivity contribution in [2.24, 2.45) is 0 Å². The number of rotatable bonds is 5. The van der Waals surface area contributed by atoms with Crippen LogP contribution >= 0.6 is 11.8 Å². The number of para-hydroxylation sites is 1. The number of amides is 1. The number of nitrogens with two attached hydrogens (primary N) is 1. The molecule has 3 N–H and O–H groups in total. The van der Waals surface area contributed by atoms with Crippen molar-refractivity contribution in [3.05, 3.63) is 42.1 Å². The highest BCUT2D eigenvalue weighted by Gasteiger charge is 2.19. The van der Waals surface area contributed by atoms with Crippen LogP contribution in [-0.4, -0.2) is 21.1 Å². The lowest BCUT2D eigenvalue weighted by Gasteiger charge is -2.14. The SMILES string of the molecule is CCC(Sc1nc(C)cc(N)n1)C(=O)Nc1ccccc1. The van der Waals surface area contributed by atoms with Gasteiger partial charge in [-0.2, -0.15) is 0 Å². The highest BCUT2D eigenvalue weighted by atomic mass is 32.2. The van der Waals surface area contributed by atoms with Crippen LogP contribution in [0.4, 0.5) is 11.5 Å². The highest BCUT2D eigenvalue weighted by Crippen LogP contribution is 2.24. The minimum Gasteiger partial charge on any atom is -0.384 e. The first-order valence-electron chi connectivity index (χ1n) is 6.72. The van der Waals surface area contributed by atoms with Gasteiger partial charge < -0.3 is 11.1 Å². The van der Waals surface area contributed by atoms with Crippen LogP contribution in [0.5, 0.6) is 0 Å². The number of aryl methyl sites for hydroxylation is 1. The van der Waals surface area contributed by atoms with Gasteiger partial charge in [-0.15, -0.1) is 0 Å². The number of benzene rings is 1. The van der Waals surface area contributed by atoms with Crippen molar-refractivity contribution in [1.82, 2.24) is 9.97 Å². The Morgan fingerprint density at radius 1 is 1.33 bits per heavy atom. The Bertz CT molecular complexity index is 598. The first-order chi connectivity index (χ1) is 10.1. The molecule has 0 bridgehead atoms. The summed E-state index contributed by atoms with van der Waals surface area (Å²) in [7, 11) is 0. The van der Waals surface area contributed by atoms with E-state index < -0.39 is 0 Å². The van der Waals surface area contributed by atoms with Crippen LogP contribution in [0, 0.1) is 6.92 Å². The van der Waals surface area contributed by atoms with Crippen LogP contribution in [0.2, 0.25) is 0 Å². The molecule has 1 unspecified atom stereocenters. The van der Waals surface area contributed by atoms with Crippen molar-refractivity contribution in [2.45, 2.75) is 30.7 Å². The summed E-state index contributed by atoms with van der Waals surface area (Å²) in [5, 5.41) is 3.17. The minimum atomic E-state index is -0.258. The van der Waals surface area contributed by atoms with Crippen LogP contribution in [0.3, 0.4) is 0 Å². The lowest BCUT2D eigenvalue weighted by atomic mass is 10.3. The number of hydrogen-bond acceptors (Lipinski definition) is 5. The van der Waals surface area contributed by atoms with E-state index in [2.05, 4.69) is 15.3 Å². The molecule has 1 amide bonds. The fraction of sp³-hybridized carbons (Fsp3) is 0.267. The normalized spacial score (nSPS) is 11.9. The second-order valence-electron chi connectivity index (χ2n) is 4.59. The number of nitrogen functional groups attached to an aromatic ring is 1. The van der Waals surface area contributed by atoms with E-state index in [4.69, 9.17) is 5.73 Å². The summed E-state index contributed by atoms with van der Waals surface area (Å²) in [6.45, 7) is 3.81. The smallest absolute Gasteiger partial charge is 0.237 e. The number of nitrogens with zero attached hydrogens (tertiary/aromatic N) is 2. The number of aromatic nitrogens is 2. The number of carbonyl (C=O) groups excluding carboxylic acids is 1. The van der Waals surface area contributed by atoms with Gasteiger partial charge >= 0.3 is 0 Å². The number of hydrogen-bond donors (Lipinski definition) is 2. The first kappa shape index (κ1) is 15.3. The minimum absolute atomic E-state index is 0.0580. The summed E-state index contributed by atoms with van der Waals surface area (Å²) in [5.41, 5.74) is 7.29. The van der Waals surface area contributed by atoms with Gasteiger partial charge in [-0.25, -0.2) is 9.97 Å². The largest absolute Gasteiger partial charge is 0.384 e. The van der Waals surface area contributed by atoms with Crippen molar-refractivity contribution in [3.8, 4) is 0 Å². The lowest BCUT2D eigenvalue weighted by Crippen LogP contribution is -2.24. The van der Waals surface area contributed by atoms with Gasteiger partial charge in [0.25, 0.3) is 0 Å². The van der Waals surface area contributed by atoms with Gasteiger partial charge in [0.05, 0.1) is 5.25 Å². The molecule has 110 valence electrons. The molecule has 1 aromatic carbocycles. The second kappa shape index (κ2) is 7.08. The van der Waals surface area contributed by atoms with Crippen molar-refractivity contribution in [1.29, 1.82) is 0 Å². The fourth-order valence-electron chi connectivity index (χ4n) is 1.81. The Balaban J connectivity index is 2.07. The molecule has 0 aliphatic rings. The van der Waals surface area contributed by atoms with Gasteiger partial charge in [0, 0.05) is 17.4 Å². The third-order valence-corrected chi connectivity index (χ3v) is 4.03. The number of thioether (sulfide) groups is 1. The van der Waals surface area contributed by atoms with Crippen molar-refractivity contribution in [3.63, 3.8) is 0 Å². The molecular formula is C15H18N4OS. The molecule has 0 radical (unpaired) electrons. The van der Waals surface area contributed by atoms with Gasteiger partial charge in [-0.3, -0.25) is 4.79 Å². The molecule has 0 spiro atoms. The molecule has 6 heteroatoms. The Hall–Kier alpha value is -2.08. The molecule has 2 rings (SSSR count). The van der Waals surface area contributed by atoms with E-state index in [1.807, 2.05) is 44.2 Å². The Morgan fingerprint density at radius 3 is 2.67 bits per heavy atom. The highest BCUT2D eigenvalue weighted by molar-refractivity contribution is 8.00. The van der Waals surface area contributed by atoms with Crippen LogP contribution < -0.4 is 11.1 Å². The lowest BCUT2D eigenvalue weighted by molar-refractivity contribution is -0.115. The van der Waals surface area contributed by atoms with E-state index in [9.17, 15) is 4.79 Å². The van der Waals surface area contributed by atoms with E-state index in [1.54, 1.807) is 6.07 Å². The molecule has 0 aliphatic carbocycles. The molecule has 5 nitrogen and oxygen atoms in total. The average molecular weight is 302 g/mol. The third kappa shape index (κ3) is 4.46. The summed E-state index contributed by atoms with van der Waals surface area (Å²) in [4.78, 5) is 20.8. The van der Waals surface area contributed by atoms with E-state index in [0.717, 1.165) is 11.4 Å². The summed E-state index contributed by atoms with van der Waals surface area (Å²) >= 11 is 1.33. The molecule has 0 fully saturated rings. The maximum atomic E-state index is 12.3. The Labute approximate surface area is 128 Å². The summed E-state index contributed by atoms with van der Waals surface area (Å²) < 4.78 is 0. The maximum Gasteiger partial charge on any atom is 0.237 e. The number of nitrogens with one attached hydrogen (secondary N) is 1.